The topological polar surface area (TPSA) is 60.7 Å². The van der Waals surface area contributed by atoms with Crippen LogP contribution in [0.15, 0.2) is 18.2 Å². The number of likely N-dealkylation sites (N-methyl/N-ethyl adjacent to an activating group) is 1. The van der Waals surface area contributed by atoms with E-state index < -0.39 is 5.60 Å². The summed E-state index contributed by atoms with van der Waals surface area (Å²) in [6.07, 6.45) is 0. The summed E-state index contributed by atoms with van der Waals surface area (Å²) >= 11 is 0. The maximum absolute atomic E-state index is 10.6. The number of phenols is 2. The number of rotatable bonds is 3. The summed E-state index contributed by atoms with van der Waals surface area (Å²) in [6, 6.07) is 4.30. The van der Waals surface area contributed by atoms with Gasteiger partial charge in [-0.3, -0.25) is 0 Å². The molecule has 0 heterocycles. The molecule has 1 rings (SSSR count). The van der Waals surface area contributed by atoms with Gasteiger partial charge in [0.05, 0.1) is 12.6 Å². The Bertz CT molecular complexity index is 459. The Labute approximate surface area is 115 Å². The molecule has 19 heavy (non-hydrogen) atoms. The number of aromatic hydroxyl groups is 2. The highest BCUT2D eigenvalue weighted by Crippen LogP contribution is 2.33. The van der Waals surface area contributed by atoms with E-state index in [9.17, 15) is 15.3 Å². The van der Waals surface area contributed by atoms with E-state index in [1.54, 1.807) is 13.0 Å². The van der Waals surface area contributed by atoms with Crippen molar-refractivity contribution in [3.63, 3.8) is 0 Å². The second kappa shape index (κ2) is 4.69. The molecule has 2 radical (unpaired) electrons. The average molecular weight is 266 g/mol. The van der Waals surface area contributed by atoms with E-state index in [0.29, 0.717) is 5.56 Å². The molecular formula is C15H24NO3+. The molecule has 2 unspecified atom stereocenters. The monoisotopic (exact) mass is 266 g/mol. The predicted molar refractivity (Wildman–Crippen MR) is 74.4 cm³/mol. The lowest BCUT2D eigenvalue weighted by molar-refractivity contribution is -0.919. The molecule has 0 aliphatic carbocycles. The minimum Gasteiger partial charge on any atom is -0.504 e. The fourth-order valence-corrected chi connectivity index (χ4v) is 1.83. The number of nitrogens with zero attached hydrogens (tertiary/aromatic N) is 1. The summed E-state index contributed by atoms with van der Waals surface area (Å²) in [6.45, 7) is 7.92. The molecule has 0 saturated heterocycles. The van der Waals surface area contributed by atoms with Crippen LogP contribution in [0.4, 0.5) is 0 Å². The molecule has 106 valence electrons. The Morgan fingerprint density at radius 1 is 1.11 bits per heavy atom. The molecule has 0 aliphatic heterocycles. The standard InChI is InChI=1S/C15H24NO3/c1-14(2,3)16(5,6)10-15(4,19)11-7-8-12(17)13(18)9-11/h5,7-9,17-19H,10H2,1-4,6H3/q+1. The van der Waals surface area contributed by atoms with E-state index in [2.05, 4.69) is 0 Å². The molecule has 3 N–H and O–H groups in total. The summed E-state index contributed by atoms with van der Waals surface area (Å²) in [5.74, 6) is -0.458. The van der Waals surface area contributed by atoms with E-state index in [-0.39, 0.29) is 28.1 Å². The Balaban J connectivity index is 3.07. The first-order chi connectivity index (χ1) is 8.37. The molecule has 0 bridgehead atoms. The molecule has 0 fully saturated rings. The molecule has 1 aromatic carbocycles. The second-order valence-electron chi connectivity index (χ2n) is 6.57. The number of hydrogen-bond acceptors (Lipinski definition) is 3. The van der Waals surface area contributed by atoms with Gasteiger partial charge in [0, 0.05) is 0 Å². The molecule has 0 saturated carbocycles. The van der Waals surface area contributed by atoms with Gasteiger partial charge in [0.15, 0.2) is 11.5 Å². The summed E-state index contributed by atoms with van der Waals surface area (Å²) in [7, 11) is 8.09. The minimum absolute atomic E-state index is 0.127. The number of phenolic OH excluding ortho intramolecular Hbond substituents is 2. The first-order valence-electron chi connectivity index (χ1n) is 6.26. The van der Waals surface area contributed by atoms with E-state index >= 15 is 0 Å². The van der Waals surface area contributed by atoms with Crippen molar-refractivity contribution < 1.29 is 19.8 Å². The lowest BCUT2D eigenvalue weighted by atomic mass is 9.91. The van der Waals surface area contributed by atoms with Gasteiger partial charge < -0.3 is 19.8 Å². The van der Waals surface area contributed by atoms with Crippen molar-refractivity contribution in [2.45, 2.75) is 38.8 Å². The molecule has 0 aliphatic rings. The van der Waals surface area contributed by atoms with Crippen molar-refractivity contribution in [1.82, 2.24) is 0 Å². The van der Waals surface area contributed by atoms with Gasteiger partial charge in [0.2, 0.25) is 7.05 Å². The number of hydrogen-bond donors (Lipinski definition) is 3. The van der Waals surface area contributed by atoms with Crippen molar-refractivity contribution in [3.8, 4) is 11.5 Å². The zero-order valence-corrected chi connectivity index (χ0v) is 12.3. The molecule has 1 aromatic rings. The van der Waals surface area contributed by atoms with Crippen LogP contribution in [-0.4, -0.2) is 38.9 Å². The van der Waals surface area contributed by atoms with Crippen molar-refractivity contribution in [1.29, 1.82) is 0 Å². The number of aliphatic hydroxyl groups is 1. The van der Waals surface area contributed by atoms with Crippen LogP contribution in [0, 0.1) is 7.05 Å². The second-order valence-corrected chi connectivity index (χ2v) is 6.57. The number of benzene rings is 1. The van der Waals surface area contributed by atoms with Crippen LogP contribution in [0.1, 0.15) is 33.3 Å². The highest BCUT2D eigenvalue weighted by Gasteiger charge is 2.40. The lowest BCUT2D eigenvalue weighted by Crippen LogP contribution is -2.57. The first kappa shape index (κ1) is 15.8. The van der Waals surface area contributed by atoms with Crippen molar-refractivity contribution in [2.24, 2.45) is 0 Å². The predicted octanol–water partition coefficient (Wildman–Crippen LogP) is 2.22. The summed E-state index contributed by atoms with van der Waals surface area (Å²) < 4.78 is 0.127. The SMILES string of the molecule is [CH][N+](C)(CC(C)(O)c1ccc(O)c(O)c1)C(C)(C)C. The number of quaternary nitrogens is 1. The van der Waals surface area contributed by atoms with Gasteiger partial charge in [-0.15, -0.1) is 0 Å². The zero-order valence-electron chi connectivity index (χ0n) is 12.3. The lowest BCUT2D eigenvalue weighted by Gasteiger charge is -2.44. The largest absolute Gasteiger partial charge is 0.504 e. The quantitative estimate of drug-likeness (QED) is 0.581. The van der Waals surface area contributed by atoms with Gasteiger partial charge in [0.1, 0.15) is 12.1 Å². The molecule has 0 spiro atoms. The van der Waals surface area contributed by atoms with Gasteiger partial charge in [0.25, 0.3) is 0 Å². The molecular weight excluding hydrogens is 242 g/mol. The van der Waals surface area contributed by atoms with E-state index in [1.807, 2.05) is 27.8 Å². The van der Waals surface area contributed by atoms with Crippen molar-refractivity contribution >= 4 is 0 Å². The van der Waals surface area contributed by atoms with Crippen LogP contribution in [0.3, 0.4) is 0 Å². The Morgan fingerprint density at radius 2 is 1.63 bits per heavy atom. The Kier molecular flexibility index (Phi) is 3.90. The Hall–Kier alpha value is -1.26. The maximum atomic E-state index is 10.6. The summed E-state index contributed by atoms with van der Waals surface area (Å²) in [4.78, 5) is 0. The van der Waals surface area contributed by atoms with Gasteiger partial charge >= 0.3 is 0 Å². The fourth-order valence-electron chi connectivity index (χ4n) is 1.83. The average Bonchev–Trinajstić information content (AvgIpc) is 2.18. The van der Waals surface area contributed by atoms with Crippen LogP contribution in [0.2, 0.25) is 0 Å². The smallest absolute Gasteiger partial charge is 0.207 e. The van der Waals surface area contributed by atoms with Crippen LogP contribution >= 0.6 is 0 Å². The van der Waals surface area contributed by atoms with Crippen LogP contribution < -0.4 is 0 Å². The van der Waals surface area contributed by atoms with Crippen molar-refractivity contribution in [2.75, 3.05) is 13.6 Å². The van der Waals surface area contributed by atoms with E-state index in [4.69, 9.17) is 7.05 Å². The third-order valence-electron chi connectivity index (χ3n) is 3.77. The summed E-state index contributed by atoms with van der Waals surface area (Å²) in [5.41, 5.74) is -0.924. The minimum atomic E-state index is -1.21. The van der Waals surface area contributed by atoms with Gasteiger partial charge in [-0.05, 0) is 45.4 Å². The summed E-state index contributed by atoms with van der Waals surface area (Å²) in [5, 5.41) is 29.4. The molecule has 4 heteroatoms. The Morgan fingerprint density at radius 3 is 2.05 bits per heavy atom. The van der Waals surface area contributed by atoms with Crippen LogP contribution in [0.25, 0.3) is 0 Å². The highest BCUT2D eigenvalue weighted by molar-refractivity contribution is 5.42. The van der Waals surface area contributed by atoms with E-state index in [1.165, 1.54) is 12.1 Å². The van der Waals surface area contributed by atoms with Gasteiger partial charge in [-0.1, -0.05) is 6.07 Å². The van der Waals surface area contributed by atoms with Gasteiger partial charge in [-0.25, -0.2) is 0 Å². The van der Waals surface area contributed by atoms with E-state index in [0.717, 1.165) is 0 Å². The van der Waals surface area contributed by atoms with Crippen molar-refractivity contribution in [3.05, 3.63) is 30.8 Å². The van der Waals surface area contributed by atoms with Crippen LogP contribution in [-0.2, 0) is 5.60 Å². The zero-order chi connectivity index (χ0) is 15.1. The fraction of sp³-hybridized carbons (Fsp3) is 0.533. The molecule has 2 atom stereocenters. The first-order valence-corrected chi connectivity index (χ1v) is 6.26. The molecule has 0 amide bonds. The highest BCUT2D eigenvalue weighted by atomic mass is 16.3. The third-order valence-corrected chi connectivity index (χ3v) is 3.77. The van der Waals surface area contributed by atoms with Crippen LogP contribution in [0.5, 0.6) is 11.5 Å². The normalized spacial score (nSPS) is 16.2. The third kappa shape index (κ3) is 3.39. The maximum Gasteiger partial charge on any atom is 0.207 e. The van der Waals surface area contributed by atoms with Gasteiger partial charge in [-0.2, -0.15) is 0 Å². The molecule has 4 nitrogen and oxygen atoms in total. The molecule has 0 aromatic heterocycles.